The molecule has 0 saturated carbocycles. The first kappa shape index (κ1) is 17.0. The van der Waals surface area contributed by atoms with E-state index < -0.39 is 5.97 Å². The Bertz CT molecular complexity index is 560. The van der Waals surface area contributed by atoms with Gasteiger partial charge in [0.25, 0.3) is 0 Å². The highest BCUT2D eigenvalue weighted by Gasteiger charge is 2.13. The number of aliphatic carboxylic acids is 1. The maximum atomic E-state index is 11.8. The number of nitrogens with one attached hydrogen (secondary N) is 2. The van der Waals surface area contributed by atoms with Crippen LogP contribution < -0.4 is 10.6 Å². The van der Waals surface area contributed by atoms with Gasteiger partial charge >= 0.3 is 5.97 Å². The molecule has 1 unspecified atom stereocenters. The first-order valence-corrected chi connectivity index (χ1v) is 6.74. The summed E-state index contributed by atoms with van der Waals surface area (Å²) in [5.41, 5.74) is 0.947. The molecule has 0 aromatic heterocycles. The van der Waals surface area contributed by atoms with Crippen molar-refractivity contribution in [2.75, 3.05) is 10.6 Å². The molecule has 0 heterocycles. The van der Waals surface area contributed by atoms with Crippen LogP contribution in [0, 0.1) is 5.92 Å². The first-order valence-electron chi connectivity index (χ1n) is 6.36. The second kappa shape index (κ2) is 7.64. The Labute approximate surface area is 127 Å². The van der Waals surface area contributed by atoms with Crippen LogP contribution in [-0.4, -0.2) is 22.9 Å². The van der Waals surface area contributed by atoms with Crippen LogP contribution in [0.25, 0.3) is 0 Å². The van der Waals surface area contributed by atoms with Crippen molar-refractivity contribution >= 4 is 40.8 Å². The zero-order valence-corrected chi connectivity index (χ0v) is 12.5. The number of carboxylic acids is 1. The third-order valence-corrected chi connectivity index (χ3v) is 2.93. The third-order valence-electron chi connectivity index (χ3n) is 2.62. The fraction of sp³-hybridized carbons (Fsp3) is 0.357. The maximum Gasteiger partial charge on any atom is 0.303 e. The van der Waals surface area contributed by atoms with Gasteiger partial charge in [-0.2, -0.15) is 0 Å². The molecule has 3 N–H and O–H groups in total. The molecule has 1 aromatic rings. The molecular weight excluding hydrogens is 296 g/mol. The normalized spacial score (nSPS) is 11.6. The van der Waals surface area contributed by atoms with Gasteiger partial charge in [0.2, 0.25) is 11.8 Å². The monoisotopic (exact) mass is 312 g/mol. The first-order chi connectivity index (χ1) is 9.77. The number of carbonyl (C=O) groups excluding carboxylic acids is 2. The highest BCUT2D eigenvalue weighted by atomic mass is 35.5. The van der Waals surface area contributed by atoms with Crippen molar-refractivity contribution in [3.8, 4) is 0 Å². The van der Waals surface area contributed by atoms with Crippen LogP contribution >= 0.6 is 11.6 Å². The molecule has 2 amide bonds. The molecule has 0 radical (unpaired) electrons. The summed E-state index contributed by atoms with van der Waals surface area (Å²) < 4.78 is 0. The number of carboxylic acid groups (broad SMARTS) is 1. The van der Waals surface area contributed by atoms with E-state index in [0.717, 1.165) is 0 Å². The lowest BCUT2D eigenvalue weighted by molar-refractivity contribution is -0.138. The smallest absolute Gasteiger partial charge is 0.303 e. The van der Waals surface area contributed by atoms with Gasteiger partial charge in [-0.25, -0.2) is 0 Å². The summed E-state index contributed by atoms with van der Waals surface area (Å²) in [6.07, 6.45) is 0.0486. The molecule has 1 rings (SSSR count). The number of amides is 2. The van der Waals surface area contributed by atoms with Crippen molar-refractivity contribution in [1.82, 2.24) is 0 Å². The van der Waals surface area contributed by atoms with Gasteiger partial charge in [-0.1, -0.05) is 18.5 Å². The minimum atomic E-state index is -0.932. The van der Waals surface area contributed by atoms with Crippen LogP contribution in [0.3, 0.4) is 0 Å². The zero-order valence-electron chi connectivity index (χ0n) is 11.8. The van der Waals surface area contributed by atoms with Gasteiger partial charge in [0, 0.05) is 25.5 Å². The van der Waals surface area contributed by atoms with E-state index in [4.69, 9.17) is 16.7 Å². The molecule has 0 aliphatic heterocycles. The van der Waals surface area contributed by atoms with E-state index in [1.807, 2.05) is 0 Å². The highest BCUT2D eigenvalue weighted by Crippen LogP contribution is 2.25. The van der Waals surface area contributed by atoms with Crippen LogP contribution in [0.2, 0.25) is 5.02 Å². The summed E-state index contributed by atoms with van der Waals surface area (Å²) in [6.45, 7) is 3.07. The molecule has 0 saturated heterocycles. The number of halogens is 1. The Morgan fingerprint density at radius 1 is 1.24 bits per heavy atom. The minimum absolute atomic E-state index is 0.0599. The average Bonchev–Trinajstić information content (AvgIpc) is 2.30. The van der Waals surface area contributed by atoms with Gasteiger partial charge in [0.15, 0.2) is 0 Å². The Hall–Kier alpha value is -2.08. The molecule has 6 nitrogen and oxygen atoms in total. The van der Waals surface area contributed by atoms with Crippen LogP contribution in [0.4, 0.5) is 11.4 Å². The van der Waals surface area contributed by atoms with Crippen molar-refractivity contribution < 1.29 is 19.5 Å². The average molecular weight is 313 g/mol. The highest BCUT2D eigenvalue weighted by molar-refractivity contribution is 6.34. The fourth-order valence-corrected chi connectivity index (χ4v) is 2.01. The van der Waals surface area contributed by atoms with E-state index in [9.17, 15) is 14.4 Å². The Balaban J connectivity index is 2.62. The largest absolute Gasteiger partial charge is 0.481 e. The van der Waals surface area contributed by atoms with Crippen molar-refractivity contribution in [2.45, 2.75) is 26.7 Å². The second-order valence-corrected chi connectivity index (χ2v) is 5.24. The molecule has 0 spiro atoms. The fourth-order valence-electron chi connectivity index (χ4n) is 1.78. The van der Waals surface area contributed by atoms with Gasteiger partial charge in [0.05, 0.1) is 10.7 Å². The van der Waals surface area contributed by atoms with Gasteiger partial charge < -0.3 is 15.7 Å². The summed E-state index contributed by atoms with van der Waals surface area (Å²) >= 11 is 5.99. The van der Waals surface area contributed by atoms with Crippen LogP contribution in [0.1, 0.15) is 26.7 Å². The number of anilines is 2. The molecule has 0 fully saturated rings. The molecule has 1 aromatic carbocycles. The van der Waals surface area contributed by atoms with Crippen molar-refractivity contribution in [3.63, 3.8) is 0 Å². The number of benzene rings is 1. The van der Waals surface area contributed by atoms with E-state index >= 15 is 0 Å². The van der Waals surface area contributed by atoms with E-state index in [1.165, 1.54) is 13.0 Å². The number of rotatable bonds is 6. The Morgan fingerprint density at radius 3 is 2.43 bits per heavy atom. The van der Waals surface area contributed by atoms with E-state index in [0.29, 0.717) is 16.4 Å². The van der Waals surface area contributed by atoms with E-state index in [1.54, 1.807) is 19.1 Å². The van der Waals surface area contributed by atoms with E-state index in [-0.39, 0.29) is 30.6 Å². The maximum absolute atomic E-state index is 11.8. The lowest BCUT2D eigenvalue weighted by Crippen LogP contribution is -2.17. The van der Waals surface area contributed by atoms with E-state index in [2.05, 4.69) is 10.6 Å². The molecule has 0 aliphatic rings. The second-order valence-electron chi connectivity index (χ2n) is 4.83. The summed E-state index contributed by atoms with van der Waals surface area (Å²) in [5.74, 6) is -1.71. The Morgan fingerprint density at radius 2 is 1.90 bits per heavy atom. The van der Waals surface area contributed by atoms with Gasteiger partial charge in [-0.05, 0) is 24.1 Å². The van der Waals surface area contributed by atoms with Crippen LogP contribution in [-0.2, 0) is 14.4 Å². The topological polar surface area (TPSA) is 95.5 Å². The number of carbonyl (C=O) groups is 3. The molecule has 1 atom stereocenters. The third kappa shape index (κ3) is 6.27. The predicted octanol–water partition coefficient (Wildman–Crippen LogP) is 2.74. The molecular formula is C14H17ClN2O4. The summed E-state index contributed by atoms with van der Waals surface area (Å²) in [7, 11) is 0. The molecule has 114 valence electrons. The van der Waals surface area contributed by atoms with Crippen LogP contribution in [0.15, 0.2) is 18.2 Å². The van der Waals surface area contributed by atoms with Gasteiger partial charge in [0.1, 0.15) is 0 Å². The minimum Gasteiger partial charge on any atom is -0.481 e. The standard InChI is InChI=1S/C14H17ClN2O4/c1-8(6-14(20)21)5-13(19)17-10-3-4-12(11(15)7-10)16-9(2)18/h3-4,7-8H,5-6H2,1-2H3,(H,16,18)(H,17,19)(H,20,21). The molecule has 21 heavy (non-hydrogen) atoms. The summed E-state index contributed by atoms with van der Waals surface area (Å²) in [6, 6.07) is 4.71. The summed E-state index contributed by atoms with van der Waals surface area (Å²) in [4.78, 5) is 33.2. The quantitative estimate of drug-likeness (QED) is 0.752. The number of hydrogen-bond acceptors (Lipinski definition) is 3. The lowest BCUT2D eigenvalue weighted by atomic mass is 10.0. The van der Waals surface area contributed by atoms with Gasteiger partial charge in [-0.15, -0.1) is 0 Å². The molecule has 0 bridgehead atoms. The molecule has 0 aliphatic carbocycles. The Kier molecular flexibility index (Phi) is 6.17. The predicted molar refractivity (Wildman–Crippen MR) is 80.4 cm³/mol. The van der Waals surface area contributed by atoms with Crippen LogP contribution in [0.5, 0.6) is 0 Å². The zero-order chi connectivity index (χ0) is 16.0. The number of hydrogen-bond donors (Lipinski definition) is 3. The van der Waals surface area contributed by atoms with Crippen molar-refractivity contribution in [3.05, 3.63) is 23.2 Å². The molecule has 7 heteroatoms. The van der Waals surface area contributed by atoms with Crippen molar-refractivity contribution in [1.29, 1.82) is 0 Å². The SMILES string of the molecule is CC(=O)Nc1ccc(NC(=O)CC(C)CC(=O)O)cc1Cl. The lowest BCUT2D eigenvalue weighted by Gasteiger charge is -2.11. The van der Waals surface area contributed by atoms with Crippen molar-refractivity contribution in [2.24, 2.45) is 5.92 Å². The van der Waals surface area contributed by atoms with Gasteiger partial charge in [-0.3, -0.25) is 14.4 Å². The summed E-state index contributed by atoms with van der Waals surface area (Å²) in [5, 5.41) is 14.1.